The van der Waals surface area contributed by atoms with Crippen molar-refractivity contribution in [2.75, 3.05) is 19.1 Å². The Labute approximate surface area is 106 Å². The summed E-state index contributed by atoms with van der Waals surface area (Å²) in [6, 6.07) is 4.70. The van der Waals surface area contributed by atoms with Gasteiger partial charge in [0, 0.05) is 18.8 Å². The summed E-state index contributed by atoms with van der Waals surface area (Å²) >= 11 is 1.67. The van der Waals surface area contributed by atoms with Crippen molar-refractivity contribution in [2.45, 2.75) is 19.9 Å². The van der Waals surface area contributed by atoms with Crippen LogP contribution >= 0.6 is 11.8 Å². The number of carbonyl (C=O) groups is 1. The van der Waals surface area contributed by atoms with E-state index in [2.05, 4.69) is 0 Å². The zero-order valence-corrected chi connectivity index (χ0v) is 11.5. The monoisotopic (exact) mass is 255 g/mol. The SMILES string of the molecule is CSCC(C)N(C)C(=O)c1cc(C)ccc1F. The number of nitrogens with zero attached hydrogens (tertiary/aromatic N) is 1. The number of amides is 1. The molecule has 0 aliphatic carbocycles. The number of hydrogen-bond donors (Lipinski definition) is 0. The van der Waals surface area contributed by atoms with Gasteiger partial charge in [0.05, 0.1) is 5.56 Å². The number of aryl methyl sites for hydroxylation is 1. The normalized spacial score (nSPS) is 12.3. The highest BCUT2D eigenvalue weighted by molar-refractivity contribution is 7.98. The Balaban J connectivity index is 2.92. The van der Waals surface area contributed by atoms with Crippen molar-refractivity contribution in [3.63, 3.8) is 0 Å². The molecule has 0 saturated heterocycles. The lowest BCUT2D eigenvalue weighted by Gasteiger charge is -2.24. The van der Waals surface area contributed by atoms with Crippen LogP contribution < -0.4 is 0 Å². The third kappa shape index (κ3) is 3.46. The number of benzene rings is 1. The molecule has 2 nitrogen and oxygen atoms in total. The first kappa shape index (κ1) is 14.0. The van der Waals surface area contributed by atoms with E-state index in [9.17, 15) is 9.18 Å². The number of hydrogen-bond acceptors (Lipinski definition) is 2. The number of rotatable bonds is 4. The van der Waals surface area contributed by atoms with Gasteiger partial charge in [-0.15, -0.1) is 0 Å². The van der Waals surface area contributed by atoms with Gasteiger partial charge in [0.1, 0.15) is 5.82 Å². The minimum atomic E-state index is -0.455. The fourth-order valence-electron chi connectivity index (χ4n) is 1.55. The van der Waals surface area contributed by atoms with Crippen molar-refractivity contribution in [2.24, 2.45) is 0 Å². The third-order valence-corrected chi connectivity index (χ3v) is 3.56. The molecule has 1 aromatic carbocycles. The highest BCUT2D eigenvalue weighted by Gasteiger charge is 2.20. The van der Waals surface area contributed by atoms with Crippen LogP contribution in [0.5, 0.6) is 0 Å². The first-order valence-electron chi connectivity index (χ1n) is 5.49. The van der Waals surface area contributed by atoms with Crippen molar-refractivity contribution in [1.29, 1.82) is 0 Å². The Bertz CT molecular complexity index is 408. The van der Waals surface area contributed by atoms with Crippen LogP contribution in [-0.2, 0) is 0 Å². The van der Waals surface area contributed by atoms with E-state index in [1.165, 1.54) is 6.07 Å². The van der Waals surface area contributed by atoms with Gasteiger partial charge in [-0.05, 0) is 32.2 Å². The van der Waals surface area contributed by atoms with Crippen LogP contribution in [0.25, 0.3) is 0 Å². The third-order valence-electron chi connectivity index (χ3n) is 2.74. The van der Waals surface area contributed by atoms with Crippen molar-refractivity contribution >= 4 is 17.7 Å². The number of halogens is 1. The van der Waals surface area contributed by atoms with E-state index in [0.717, 1.165) is 11.3 Å². The molecule has 0 spiro atoms. The zero-order chi connectivity index (χ0) is 13.0. The molecule has 0 aromatic heterocycles. The van der Waals surface area contributed by atoms with Gasteiger partial charge in [-0.3, -0.25) is 4.79 Å². The van der Waals surface area contributed by atoms with Crippen LogP contribution in [0.15, 0.2) is 18.2 Å². The Morgan fingerprint density at radius 1 is 1.53 bits per heavy atom. The Morgan fingerprint density at radius 2 is 2.18 bits per heavy atom. The Hall–Kier alpha value is -1.03. The summed E-state index contributed by atoms with van der Waals surface area (Å²) in [5.41, 5.74) is 1.04. The van der Waals surface area contributed by atoms with Gasteiger partial charge < -0.3 is 4.90 Å². The summed E-state index contributed by atoms with van der Waals surface area (Å²) in [7, 11) is 1.71. The average molecular weight is 255 g/mol. The first-order valence-corrected chi connectivity index (χ1v) is 6.89. The van der Waals surface area contributed by atoms with E-state index in [1.807, 2.05) is 20.1 Å². The van der Waals surface area contributed by atoms with Gasteiger partial charge in [0.25, 0.3) is 5.91 Å². The molecule has 1 rings (SSSR count). The van der Waals surface area contributed by atoms with Crippen LogP contribution in [-0.4, -0.2) is 35.9 Å². The lowest BCUT2D eigenvalue weighted by Crippen LogP contribution is -2.37. The molecule has 0 aliphatic rings. The van der Waals surface area contributed by atoms with E-state index < -0.39 is 5.82 Å². The molecule has 1 aromatic rings. The predicted molar refractivity (Wildman–Crippen MR) is 71.1 cm³/mol. The van der Waals surface area contributed by atoms with E-state index in [4.69, 9.17) is 0 Å². The second-order valence-electron chi connectivity index (χ2n) is 4.20. The first-order chi connectivity index (χ1) is 7.97. The molecule has 1 amide bonds. The second kappa shape index (κ2) is 6.05. The maximum Gasteiger partial charge on any atom is 0.256 e. The fraction of sp³-hybridized carbons (Fsp3) is 0.462. The summed E-state index contributed by atoms with van der Waals surface area (Å²) in [5.74, 6) is 0.131. The summed E-state index contributed by atoms with van der Waals surface area (Å²) in [6.45, 7) is 3.81. The topological polar surface area (TPSA) is 20.3 Å². The van der Waals surface area contributed by atoms with Crippen molar-refractivity contribution in [3.8, 4) is 0 Å². The van der Waals surface area contributed by atoms with E-state index in [-0.39, 0.29) is 17.5 Å². The second-order valence-corrected chi connectivity index (χ2v) is 5.11. The summed E-state index contributed by atoms with van der Waals surface area (Å²) in [5, 5.41) is 0. The smallest absolute Gasteiger partial charge is 0.256 e. The molecule has 17 heavy (non-hydrogen) atoms. The lowest BCUT2D eigenvalue weighted by atomic mass is 10.1. The maximum absolute atomic E-state index is 13.6. The molecular weight excluding hydrogens is 237 g/mol. The van der Waals surface area contributed by atoms with Crippen LogP contribution in [0, 0.1) is 12.7 Å². The highest BCUT2D eigenvalue weighted by Crippen LogP contribution is 2.14. The van der Waals surface area contributed by atoms with Crippen LogP contribution in [0.4, 0.5) is 4.39 Å². The van der Waals surface area contributed by atoms with Crippen molar-refractivity contribution in [1.82, 2.24) is 4.90 Å². The quantitative estimate of drug-likeness (QED) is 0.824. The van der Waals surface area contributed by atoms with Crippen LogP contribution in [0.2, 0.25) is 0 Å². The van der Waals surface area contributed by atoms with E-state index in [1.54, 1.807) is 35.8 Å². The van der Waals surface area contributed by atoms with Gasteiger partial charge in [-0.2, -0.15) is 11.8 Å². The van der Waals surface area contributed by atoms with Gasteiger partial charge in [0.2, 0.25) is 0 Å². The molecule has 0 aliphatic heterocycles. The highest BCUT2D eigenvalue weighted by atomic mass is 32.2. The largest absolute Gasteiger partial charge is 0.338 e. The minimum Gasteiger partial charge on any atom is -0.338 e. The molecule has 94 valence electrons. The van der Waals surface area contributed by atoms with E-state index >= 15 is 0 Å². The van der Waals surface area contributed by atoms with Crippen molar-refractivity contribution < 1.29 is 9.18 Å². The van der Waals surface area contributed by atoms with E-state index in [0.29, 0.717) is 0 Å². The molecule has 0 heterocycles. The molecule has 4 heteroatoms. The maximum atomic E-state index is 13.6. The minimum absolute atomic E-state index is 0.0948. The molecule has 0 fully saturated rings. The van der Waals surface area contributed by atoms with Gasteiger partial charge in [-0.25, -0.2) is 4.39 Å². The molecule has 0 saturated carbocycles. The molecule has 0 radical (unpaired) electrons. The molecule has 1 atom stereocenters. The number of thioether (sulfide) groups is 1. The Kier molecular flexibility index (Phi) is 5.00. The lowest BCUT2D eigenvalue weighted by molar-refractivity contribution is 0.0753. The van der Waals surface area contributed by atoms with Crippen LogP contribution in [0.1, 0.15) is 22.8 Å². The summed E-state index contributed by atoms with van der Waals surface area (Å²) in [4.78, 5) is 13.7. The summed E-state index contributed by atoms with van der Waals surface area (Å²) < 4.78 is 13.6. The standard InChI is InChI=1S/C13H18FNOS/c1-9-5-6-12(14)11(7-9)13(16)15(3)10(2)8-17-4/h5-7,10H,8H2,1-4H3. The summed E-state index contributed by atoms with van der Waals surface area (Å²) in [6.07, 6.45) is 1.99. The van der Waals surface area contributed by atoms with Crippen molar-refractivity contribution in [3.05, 3.63) is 35.1 Å². The zero-order valence-electron chi connectivity index (χ0n) is 10.7. The van der Waals surface area contributed by atoms with Crippen LogP contribution in [0.3, 0.4) is 0 Å². The average Bonchev–Trinajstić information content (AvgIpc) is 2.30. The molecule has 0 N–H and O–H groups in total. The van der Waals surface area contributed by atoms with Gasteiger partial charge >= 0.3 is 0 Å². The molecule has 0 bridgehead atoms. The predicted octanol–water partition coefficient (Wildman–Crippen LogP) is 2.96. The van der Waals surface area contributed by atoms with Gasteiger partial charge in [0.15, 0.2) is 0 Å². The Morgan fingerprint density at radius 3 is 2.76 bits per heavy atom. The van der Waals surface area contributed by atoms with Gasteiger partial charge in [-0.1, -0.05) is 11.6 Å². The number of carbonyl (C=O) groups excluding carboxylic acids is 1. The fourth-order valence-corrected chi connectivity index (χ4v) is 2.25. The molecular formula is C13H18FNOS. The molecule has 1 unspecified atom stereocenters.